The number of carboxylic acids is 1. The van der Waals surface area contributed by atoms with Gasteiger partial charge in [0.25, 0.3) is 0 Å². The van der Waals surface area contributed by atoms with Gasteiger partial charge in [0.15, 0.2) is 0 Å². The first kappa shape index (κ1) is 19.6. The minimum atomic E-state index is -0.955. The molecule has 0 spiro atoms. The number of ether oxygens (including phenoxy) is 1. The van der Waals surface area contributed by atoms with Gasteiger partial charge in [-0.3, -0.25) is 4.79 Å². The summed E-state index contributed by atoms with van der Waals surface area (Å²) in [6.07, 6.45) is 1.78. The average Bonchev–Trinajstić information content (AvgIpc) is 2.96. The van der Waals surface area contributed by atoms with Crippen LogP contribution in [-0.4, -0.2) is 11.1 Å². The number of hydrogen-bond donors (Lipinski definition) is 1. The van der Waals surface area contributed by atoms with Crippen molar-refractivity contribution in [3.8, 4) is 11.5 Å². The monoisotopic (exact) mass is 404 g/mol. The van der Waals surface area contributed by atoms with Gasteiger partial charge in [0.2, 0.25) is 0 Å². The molecule has 0 saturated heterocycles. The maximum atomic E-state index is 13.8. The summed E-state index contributed by atoms with van der Waals surface area (Å²) >= 11 is 0. The first-order valence-corrected chi connectivity index (χ1v) is 9.38. The number of carboxylic acid groups (broad SMARTS) is 1. The van der Waals surface area contributed by atoms with Crippen LogP contribution in [0.3, 0.4) is 0 Å². The second-order valence-electron chi connectivity index (χ2n) is 7.05. The Kier molecular flexibility index (Phi) is 5.19. The van der Waals surface area contributed by atoms with Crippen LogP contribution in [0.15, 0.2) is 72.3 Å². The van der Waals surface area contributed by atoms with Crippen LogP contribution in [0.1, 0.15) is 30.0 Å². The van der Waals surface area contributed by atoms with E-state index in [-0.39, 0.29) is 12.2 Å². The van der Waals surface area contributed by atoms with E-state index < -0.39 is 11.8 Å². The van der Waals surface area contributed by atoms with Gasteiger partial charge < -0.3 is 9.84 Å². The molecule has 3 aromatic carbocycles. The number of rotatable bonds is 5. The van der Waals surface area contributed by atoms with Crippen molar-refractivity contribution >= 4 is 23.2 Å². The minimum Gasteiger partial charge on any atom is -0.481 e. The first-order valence-electron chi connectivity index (χ1n) is 9.38. The SMILES string of the molecule is CC1=C(CC(=O)O)c2cc(F)ccc2/C1=C\c1ccc(Oc2ccc(F)cc2)cc1. The minimum absolute atomic E-state index is 0.163. The highest BCUT2D eigenvalue weighted by atomic mass is 19.1. The molecule has 0 fully saturated rings. The summed E-state index contributed by atoms with van der Waals surface area (Å²) in [6.45, 7) is 1.86. The highest BCUT2D eigenvalue weighted by Crippen LogP contribution is 2.43. The van der Waals surface area contributed by atoms with Gasteiger partial charge in [0.05, 0.1) is 6.42 Å². The lowest BCUT2D eigenvalue weighted by Crippen LogP contribution is -1.97. The second-order valence-corrected chi connectivity index (χ2v) is 7.05. The van der Waals surface area contributed by atoms with Crippen LogP contribution in [0.4, 0.5) is 8.78 Å². The lowest BCUT2D eigenvalue weighted by Gasteiger charge is -2.07. The normalized spacial score (nSPS) is 14.2. The summed E-state index contributed by atoms with van der Waals surface area (Å²) in [7, 11) is 0. The Balaban J connectivity index is 1.64. The molecule has 30 heavy (non-hydrogen) atoms. The summed E-state index contributed by atoms with van der Waals surface area (Å²) in [5.41, 5.74) is 4.65. The maximum absolute atomic E-state index is 13.8. The van der Waals surface area contributed by atoms with Gasteiger partial charge in [-0.15, -0.1) is 0 Å². The maximum Gasteiger partial charge on any atom is 0.307 e. The zero-order chi connectivity index (χ0) is 21.3. The van der Waals surface area contributed by atoms with Gasteiger partial charge in [-0.25, -0.2) is 8.78 Å². The van der Waals surface area contributed by atoms with E-state index in [9.17, 15) is 18.7 Å². The van der Waals surface area contributed by atoms with Crippen LogP contribution in [-0.2, 0) is 4.79 Å². The molecule has 3 nitrogen and oxygen atoms in total. The Hall–Kier alpha value is -3.73. The van der Waals surface area contributed by atoms with Crippen molar-refractivity contribution in [2.75, 3.05) is 0 Å². The lowest BCUT2D eigenvalue weighted by molar-refractivity contribution is -0.135. The molecule has 1 N–H and O–H groups in total. The van der Waals surface area contributed by atoms with Gasteiger partial charge >= 0.3 is 5.97 Å². The summed E-state index contributed by atoms with van der Waals surface area (Å²) in [5, 5.41) is 9.25. The third-order valence-corrected chi connectivity index (χ3v) is 5.02. The fourth-order valence-corrected chi connectivity index (χ4v) is 3.57. The van der Waals surface area contributed by atoms with E-state index in [1.807, 2.05) is 25.1 Å². The number of carbonyl (C=O) groups is 1. The fraction of sp³-hybridized carbons (Fsp3) is 0.0800. The summed E-state index contributed by atoms with van der Waals surface area (Å²) in [6, 6.07) is 17.6. The van der Waals surface area contributed by atoms with E-state index in [4.69, 9.17) is 4.74 Å². The second kappa shape index (κ2) is 7.95. The van der Waals surface area contributed by atoms with E-state index in [0.717, 1.165) is 22.3 Å². The van der Waals surface area contributed by atoms with E-state index in [2.05, 4.69) is 0 Å². The number of fused-ring (bicyclic) bond motifs is 1. The van der Waals surface area contributed by atoms with E-state index in [1.165, 1.54) is 24.3 Å². The highest BCUT2D eigenvalue weighted by molar-refractivity contribution is 6.07. The van der Waals surface area contributed by atoms with Crippen LogP contribution < -0.4 is 4.74 Å². The van der Waals surface area contributed by atoms with Crippen molar-refractivity contribution in [1.82, 2.24) is 0 Å². The number of aliphatic carboxylic acids is 1. The molecule has 0 heterocycles. The molecule has 0 bridgehead atoms. The van der Waals surface area contributed by atoms with Crippen molar-refractivity contribution in [3.63, 3.8) is 0 Å². The van der Waals surface area contributed by atoms with Gasteiger partial charge in [0, 0.05) is 0 Å². The van der Waals surface area contributed by atoms with E-state index >= 15 is 0 Å². The number of allylic oxidation sites excluding steroid dienone is 2. The van der Waals surface area contributed by atoms with E-state index in [0.29, 0.717) is 22.6 Å². The van der Waals surface area contributed by atoms with Crippen LogP contribution in [0.2, 0.25) is 0 Å². The van der Waals surface area contributed by atoms with Crippen molar-refractivity contribution in [2.24, 2.45) is 0 Å². The molecular weight excluding hydrogens is 386 g/mol. The highest BCUT2D eigenvalue weighted by Gasteiger charge is 2.25. The molecule has 1 aliphatic rings. The predicted molar refractivity (Wildman–Crippen MR) is 112 cm³/mol. The third kappa shape index (κ3) is 4.01. The van der Waals surface area contributed by atoms with Crippen molar-refractivity contribution in [1.29, 1.82) is 0 Å². The Bertz CT molecular complexity index is 1170. The molecule has 0 aromatic heterocycles. The smallest absolute Gasteiger partial charge is 0.307 e. The van der Waals surface area contributed by atoms with Gasteiger partial charge in [-0.2, -0.15) is 0 Å². The summed E-state index contributed by atoms with van der Waals surface area (Å²) < 4.78 is 32.5. The van der Waals surface area contributed by atoms with Crippen LogP contribution in [0.5, 0.6) is 11.5 Å². The zero-order valence-electron chi connectivity index (χ0n) is 16.2. The Morgan fingerprint density at radius 2 is 1.50 bits per heavy atom. The van der Waals surface area contributed by atoms with Crippen LogP contribution in [0.25, 0.3) is 17.2 Å². The molecular formula is C25H18F2O3. The first-order chi connectivity index (χ1) is 14.4. The number of halogens is 2. The van der Waals surface area contributed by atoms with Crippen molar-refractivity contribution in [2.45, 2.75) is 13.3 Å². The quantitative estimate of drug-likeness (QED) is 0.524. The van der Waals surface area contributed by atoms with Gasteiger partial charge in [0.1, 0.15) is 23.1 Å². The molecule has 0 atom stereocenters. The Morgan fingerprint density at radius 3 is 2.13 bits per heavy atom. The number of benzene rings is 3. The summed E-state index contributed by atoms with van der Waals surface area (Å²) in [5.74, 6) is -0.536. The zero-order valence-corrected chi connectivity index (χ0v) is 16.2. The summed E-state index contributed by atoms with van der Waals surface area (Å²) in [4.78, 5) is 11.3. The van der Waals surface area contributed by atoms with Crippen LogP contribution >= 0.6 is 0 Å². The largest absolute Gasteiger partial charge is 0.481 e. The molecule has 0 unspecified atom stereocenters. The van der Waals surface area contributed by atoms with E-state index in [1.54, 1.807) is 30.3 Å². The van der Waals surface area contributed by atoms with Crippen LogP contribution in [0, 0.1) is 11.6 Å². The molecule has 5 heteroatoms. The molecule has 0 aliphatic heterocycles. The molecule has 0 radical (unpaired) electrons. The Labute approximate surface area is 172 Å². The predicted octanol–water partition coefficient (Wildman–Crippen LogP) is 6.56. The average molecular weight is 404 g/mol. The molecule has 0 saturated carbocycles. The van der Waals surface area contributed by atoms with Gasteiger partial charge in [-0.05, 0) is 94.9 Å². The molecule has 4 rings (SSSR count). The molecule has 0 amide bonds. The topological polar surface area (TPSA) is 46.5 Å². The lowest BCUT2D eigenvalue weighted by atomic mass is 10.0. The van der Waals surface area contributed by atoms with Crippen molar-refractivity contribution in [3.05, 3.63) is 101 Å². The van der Waals surface area contributed by atoms with Crippen molar-refractivity contribution < 1.29 is 23.4 Å². The number of hydrogen-bond acceptors (Lipinski definition) is 2. The molecule has 3 aromatic rings. The molecule has 150 valence electrons. The molecule has 1 aliphatic carbocycles. The third-order valence-electron chi connectivity index (χ3n) is 5.02. The standard InChI is InChI=1S/C25H18F2O3/c1-15-22(21-11-6-18(27)13-24(21)23(15)14-25(28)29)12-16-2-7-19(8-3-16)30-20-9-4-17(26)5-10-20/h2-13H,14H2,1H3,(H,28,29)/b22-12-. The Morgan fingerprint density at radius 1 is 0.900 bits per heavy atom. The van der Waals surface area contributed by atoms with Gasteiger partial charge in [-0.1, -0.05) is 18.2 Å². The fourth-order valence-electron chi connectivity index (χ4n) is 3.57.